The lowest BCUT2D eigenvalue weighted by atomic mass is 10.1. The van der Waals surface area contributed by atoms with E-state index in [4.69, 9.17) is 9.15 Å². The number of thioether (sulfide) groups is 1. The second kappa shape index (κ2) is 7.50. The fourth-order valence-corrected chi connectivity index (χ4v) is 2.45. The van der Waals surface area contributed by atoms with Crippen molar-refractivity contribution < 1.29 is 13.9 Å². The van der Waals surface area contributed by atoms with E-state index in [1.54, 1.807) is 7.11 Å². The van der Waals surface area contributed by atoms with E-state index in [0.29, 0.717) is 17.5 Å². The van der Waals surface area contributed by atoms with Crippen LogP contribution in [0, 0.1) is 0 Å². The van der Waals surface area contributed by atoms with Crippen LogP contribution in [0.5, 0.6) is 5.75 Å². The van der Waals surface area contributed by atoms with Gasteiger partial charge in [-0.1, -0.05) is 23.9 Å². The van der Waals surface area contributed by atoms with Crippen molar-refractivity contribution in [3.8, 4) is 5.75 Å². The Morgan fingerprint density at radius 1 is 1.26 bits per heavy atom. The fraction of sp³-hybridized carbons (Fsp3) is 0.438. The Morgan fingerprint density at radius 3 is 2.57 bits per heavy atom. The first-order chi connectivity index (χ1) is 10.9. The van der Waals surface area contributed by atoms with Gasteiger partial charge in [0.15, 0.2) is 0 Å². The van der Waals surface area contributed by atoms with Gasteiger partial charge < -0.3 is 14.5 Å². The van der Waals surface area contributed by atoms with Crippen LogP contribution in [0.2, 0.25) is 0 Å². The molecular formula is C16H21N3O3S. The van der Waals surface area contributed by atoms with E-state index < -0.39 is 0 Å². The minimum Gasteiger partial charge on any atom is -0.497 e. The number of hydrogen-bond acceptors (Lipinski definition) is 6. The molecule has 2 rings (SSSR count). The van der Waals surface area contributed by atoms with E-state index in [-0.39, 0.29) is 17.2 Å². The third-order valence-corrected chi connectivity index (χ3v) is 3.62. The predicted molar refractivity (Wildman–Crippen MR) is 88.7 cm³/mol. The molecule has 1 aromatic heterocycles. The maximum atomic E-state index is 11.8. The Hall–Kier alpha value is -2.02. The molecule has 1 heterocycles. The summed E-state index contributed by atoms with van der Waals surface area (Å²) in [5.74, 6) is 1.52. The first kappa shape index (κ1) is 17.3. The van der Waals surface area contributed by atoms with E-state index in [1.165, 1.54) is 11.8 Å². The number of methoxy groups -OCH3 is 1. The van der Waals surface area contributed by atoms with E-state index in [0.717, 1.165) is 11.3 Å². The standard InChI is InChI=1S/C16H21N3O3S/c1-16(2,3)17-13(20)10-23-15-19-18-14(22-15)9-11-5-7-12(21-4)8-6-11/h5-8H,9-10H2,1-4H3,(H,17,20). The van der Waals surface area contributed by atoms with Crippen molar-refractivity contribution >= 4 is 17.7 Å². The van der Waals surface area contributed by atoms with Crippen molar-refractivity contribution in [2.24, 2.45) is 0 Å². The first-order valence-corrected chi connectivity index (χ1v) is 8.23. The molecule has 6 nitrogen and oxygen atoms in total. The van der Waals surface area contributed by atoms with Gasteiger partial charge in [0.1, 0.15) is 5.75 Å². The van der Waals surface area contributed by atoms with Gasteiger partial charge in [0.25, 0.3) is 5.22 Å². The zero-order chi connectivity index (χ0) is 16.9. The largest absolute Gasteiger partial charge is 0.497 e. The Kier molecular flexibility index (Phi) is 5.65. The van der Waals surface area contributed by atoms with Crippen LogP contribution in [0.4, 0.5) is 0 Å². The molecule has 0 radical (unpaired) electrons. The number of rotatable bonds is 6. The Balaban J connectivity index is 1.86. The molecule has 0 atom stereocenters. The SMILES string of the molecule is COc1ccc(Cc2nnc(SCC(=O)NC(C)(C)C)o2)cc1. The Labute approximate surface area is 140 Å². The molecule has 0 bridgehead atoms. The molecule has 2 aromatic rings. The fourth-order valence-electron chi connectivity index (χ4n) is 1.87. The van der Waals surface area contributed by atoms with E-state index >= 15 is 0 Å². The summed E-state index contributed by atoms with van der Waals surface area (Å²) >= 11 is 1.23. The average Bonchev–Trinajstić information content (AvgIpc) is 2.92. The van der Waals surface area contributed by atoms with Crippen LogP contribution in [0.25, 0.3) is 0 Å². The van der Waals surface area contributed by atoms with Crippen molar-refractivity contribution in [2.45, 2.75) is 38.0 Å². The molecule has 0 saturated heterocycles. The second-order valence-electron chi connectivity index (χ2n) is 6.07. The number of nitrogens with one attached hydrogen (secondary N) is 1. The number of ether oxygens (including phenoxy) is 1. The minimum atomic E-state index is -0.244. The monoisotopic (exact) mass is 335 g/mol. The predicted octanol–water partition coefficient (Wildman–Crippen LogP) is 2.68. The molecule has 1 N–H and O–H groups in total. The molecular weight excluding hydrogens is 314 g/mol. The highest BCUT2D eigenvalue weighted by molar-refractivity contribution is 7.99. The molecule has 23 heavy (non-hydrogen) atoms. The molecule has 1 aromatic carbocycles. The summed E-state index contributed by atoms with van der Waals surface area (Å²) in [6, 6.07) is 7.68. The summed E-state index contributed by atoms with van der Waals surface area (Å²) in [7, 11) is 1.63. The van der Waals surface area contributed by atoms with Crippen molar-refractivity contribution in [3.63, 3.8) is 0 Å². The maximum Gasteiger partial charge on any atom is 0.277 e. The summed E-state index contributed by atoms with van der Waals surface area (Å²) in [5, 5.41) is 11.2. The number of benzene rings is 1. The minimum absolute atomic E-state index is 0.0580. The number of carbonyl (C=O) groups excluding carboxylic acids is 1. The van der Waals surface area contributed by atoms with E-state index in [2.05, 4.69) is 15.5 Å². The third kappa shape index (κ3) is 5.94. The summed E-state index contributed by atoms with van der Waals surface area (Å²) < 4.78 is 10.7. The van der Waals surface area contributed by atoms with Gasteiger partial charge in [-0.25, -0.2) is 0 Å². The van der Waals surface area contributed by atoms with Gasteiger partial charge in [0.05, 0.1) is 19.3 Å². The molecule has 0 spiro atoms. The summed E-state index contributed by atoms with van der Waals surface area (Å²) in [6.45, 7) is 5.82. The molecule has 0 aliphatic rings. The highest BCUT2D eigenvalue weighted by Crippen LogP contribution is 2.19. The topological polar surface area (TPSA) is 77.2 Å². The molecule has 0 aliphatic heterocycles. The van der Waals surface area contributed by atoms with Gasteiger partial charge in [-0.2, -0.15) is 0 Å². The zero-order valence-corrected chi connectivity index (χ0v) is 14.6. The van der Waals surface area contributed by atoms with Crippen LogP contribution in [-0.2, 0) is 11.2 Å². The number of carbonyl (C=O) groups is 1. The van der Waals surface area contributed by atoms with Crippen molar-refractivity contribution in [1.82, 2.24) is 15.5 Å². The third-order valence-electron chi connectivity index (χ3n) is 2.80. The average molecular weight is 335 g/mol. The molecule has 0 fully saturated rings. The summed E-state index contributed by atoms with van der Waals surface area (Å²) in [4.78, 5) is 11.8. The van der Waals surface area contributed by atoms with Crippen LogP contribution in [-0.4, -0.2) is 34.5 Å². The molecule has 0 saturated carbocycles. The molecule has 1 amide bonds. The maximum absolute atomic E-state index is 11.8. The lowest BCUT2D eigenvalue weighted by molar-refractivity contribution is -0.119. The quantitative estimate of drug-likeness (QED) is 0.818. The van der Waals surface area contributed by atoms with Gasteiger partial charge in [0.2, 0.25) is 11.8 Å². The van der Waals surface area contributed by atoms with Crippen LogP contribution in [0.1, 0.15) is 32.2 Å². The number of amides is 1. The lowest BCUT2D eigenvalue weighted by Gasteiger charge is -2.19. The van der Waals surface area contributed by atoms with Crippen LogP contribution in [0.3, 0.4) is 0 Å². The van der Waals surface area contributed by atoms with Gasteiger partial charge >= 0.3 is 0 Å². The number of hydrogen-bond donors (Lipinski definition) is 1. The van der Waals surface area contributed by atoms with E-state index in [9.17, 15) is 4.79 Å². The molecule has 7 heteroatoms. The summed E-state index contributed by atoms with van der Waals surface area (Å²) in [6.07, 6.45) is 0.547. The highest BCUT2D eigenvalue weighted by atomic mass is 32.2. The smallest absolute Gasteiger partial charge is 0.277 e. The zero-order valence-electron chi connectivity index (χ0n) is 13.8. The lowest BCUT2D eigenvalue weighted by Crippen LogP contribution is -2.41. The van der Waals surface area contributed by atoms with Crippen molar-refractivity contribution in [3.05, 3.63) is 35.7 Å². The highest BCUT2D eigenvalue weighted by Gasteiger charge is 2.15. The van der Waals surface area contributed by atoms with Crippen molar-refractivity contribution in [2.75, 3.05) is 12.9 Å². The Bertz CT molecular complexity index is 647. The van der Waals surface area contributed by atoms with Gasteiger partial charge in [-0.05, 0) is 38.5 Å². The molecule has 0 aliphatic carbocycles. The molecule has 124 valence electrons. The van der Waals surface area contributed by atoms with Crippen molar-refractivity contribution in [1.29, 1.82) is 0 Å². The first-order valence-electron chi connectivity index (χ1n) is 7.25. The second-order valence-corrected chi connectivity index (χ2v) is 7.00. The number of nitrogens with zero attached hydrogens (tertiary/aromatic N) is 2. The number of aromatic nitrogens is 2. The van der Waals surface area contributed by atoms with Gasteiger partial charge in [-0.3, -0.25) is 4.79 Å². The van der Waals surface area contributed by atoms with E-state index in [1.807, 2.05) is 45.0 Å². The van der Waals surface area contributed by atoms with Crippen LogP contribution >= 0.6 is 11.8 Å². The van der Waals surface area contributed by atoms with Gasteiger partial charge in [0, 0.05) is 5.54 Å². The van der Waals surface area contributed by atoms with Crippen LogP contribution in [0.15, 0.2) is 33.9 Å². The summed E-state index contributed by atoms with van der Waals surface area (Å²) in [5.41, 5.74) is 0.808. The Morgan fingerprint density at radius 2 is 1.96 bits per heavy atom. The molecule has 0 unspecified atom stereocenters. The normalized spacial score (nSPS) is 11.3. The van der Waals surface area contributed by atoms with Crippen LogP contribution < -0.4 is 10.1 Å². The van der Waals surface area contributed by atoms with Gasteiger partial charge in [-0.15, -0.1) is 10.2 Å².